The Kier molecular flexibility index (Phi) is 9.97. The first-order valence-corrected chi connectivity index (χ1v) is 9.34. The first kappa shape index (κ1) is 20.0. The second-order valence-electron chi connectivity index (χ2n) is 7.25. The molecule has 0 aliphatic heterocycles. The van der Waals surface area contributed by atoms with E-state index in [1.165, 1.54) is 6.42 Å². The van der Waals surface area contributed by atoms with Crippen LogP contribution in [-0.4, -0.2) is 24.6 Å². The maximum Gasteiger partial charge on any atom is 0.306 e. The summed E-state index contributed by atoms with van der Waals surface area (Å²) >= 11 is 0. The summed E-state index contributed by atoms with van der Waals surface area (Å²) < 4.78 is 10.7. The summed E-state index contributed by atoms with van der Waals surface area (Å²) in [5.41, 5.74) is 0. The van der Waals surface area contributed by atoms with Crippen molar-refractivity contribution in [2.24, 2.45) is 11.8 Å². The molecule has 0 bridgehead atoms. The van der Waals surface area contributed by atoms with Gasteiger partial charge in [-0.1, -0.05) is 27.2 Å². The highest BCUT2D eigenvalue weighted by Gasteiger charge is 2.24. The molecule has 2 unspecified atom stereocenters. The van der Waals surface area contributed by atoms with Crippen LogP contribution < -0.4 is 0 Å². The van der Waals surface area contributed by atoms with Gasteiger partial charge in [-0.05, 0) is 56.8 Å². The monoisotopic (exact) mass is 326 g/mol. The molecule has 0 heterocycles. The second-order valence-corrected chi connectivity index (χ2v) is 7.25. The van der Waals surface area contributed by atoms with E-state index in [0.717, 1.165) is 32.1 Å². The standard InChI is InChI=1S/C19H34O4/c1-15(2)9-8-14-22-18(20)12-6-7-13-19(21)23-17-11-5-4-10-16(17)3/h15-17H,4-14H2,1-3H3. The van der Waals surface area contributed by atoms with E-state index in [4.69, 9.17) is 9.47 Å². The van der Waals surface area contributed by atoms with E-state index in [-0.39, 0.29) is 18.0 Å². The predicted octanol–water partition coefficient (Wildman–Crippen LogP) is 4.65. The van der Waals surface area contributed by atoms with Crippen molar-refractivity contribution in [1.82, 2.24) is 0 Å². The Labute approximate surface area is 141 Å². The van der Waals surface area contributed by atoms with Gasteiger partial charge in [-0.15, -0.1) is 0 Å². The summed E-state index contributed by atoms with van der Waals surface area (Å²) in [4.78, 5) is 23.4. The molecule has 1 saturated carbocycles. The largest absolute Gasteiger partial charge is 0.466 e. The molecular weight excluding hydrogens is 292 g/mol. The molecule has 0 aromatic carbocycles. The molecule has 1 aliphatic carbocycles. The molecule has 0 spiro atoms. The molecule has 0 N–H and O–H groups in total. The van der Waals surface area contributed by atoms with Gasteiger partial charge < -0.3 is 9.47 Å². The fourth-order valence-corrected chi connectivity index (χ4v) is 2.97. The van der Waals surface area contributed by atoms with Gasteiger partial charge in [-0.25, -0.2) is 0 Å². The molecule has 134 valence electrons. The average molecular weight is 326 g/mol. The normalized spacial score (nSPS) is 21.2. The van der Waals surface area contributed by atoms with Gasteiger partial charge in [0.25, 0.3) is 0 Å². The van der Waals surface area contributed by atoms with E-state index in [1.54, 1.807) is 0 Å². The lowest BCUT2D eigenvalue weighted by molar-refractivity contribution is -0.153. The van der Waals surface area contributed by atoms with E-state index in [1.807, 2.05) is 0 Å². The van der Waals surface area contributed by atoms with Gasteiger partial charge in [0.2, 0.25) is 0 Å². The minimum Gasteiger partial charge on any atom is -0.466 e. The number of ether oxygens (including phenoxy) is 2. The van der Waals surface area contributed by atoms with Crippen molar-refractivity contribution >= 4 is 11.9 Å². The molecule has 4 heteroatoms. The van der Waals surface area contributed by atoms with Crippen molar-refractivity contribution in [1.29, 1.82) is 0 Å². The van der Waals surface area contributed by atoms with Crippen molar-refractivity contribution in [3.05, 3.63) is 0 Å². The maximum absolute atomic E-state index is 11.8. The van der Waals surface area contributed by atoms with Gasteiger partial charge in [0, 0.05) is 12.8 Å². The number of hydrogen-bond acceptors (Lipinski definition) is 4. The molecule has 0 amide bonds. The molecule has 2 atom stereocenters. The third kappa shape index (κ3) is 9.62. The SMILES string of the molecule is CC(C)CCCOC(=O)CCCCC(=O)OC1CCCCC1C. The lowest BCUT2D eigenvalue weighted by atomic mass is 9.88. The summed E-state index contributed by atoms with van der Waals surface area (Å²) in [6, 6.07) is 0. The van der Waals surface area contributed by atoms with E-state index in [9.17, 15) is 9.59 Å². The van der Waals surface area contributed by atoms with Crippen LogP contribution in [0.4, 0.5) is 0 Å². The first-order chi connectivity index (χ1) is 11.0. The van der Waals surface area contributed by atoms with Gasteiger partial charge in [0.05, 0.1) is 6.61 Å². The summed E-state index contributed by atoms with van der Waals surface area (Å²) in [6.07, 6.45) is 8.85. The van der Waals surface area contributed by atoms with E-state index in [0.29, 0.717) is 44.1 Å². The second kappa shape index (κ2) is 11.5. The van der Waals surface area contributed by atoms with Crippen LogP contribution in [0.15, 0.2) is 0 Å². The zero-order valence-corrected chi connectivity index (χ0v) is 15.1. The van der Waals surface area contributed by atoms with Crippen LogP contribution in [-0.2, 0) is 19.1 Å². The fraction of sp³-hybridized carbons (Fsp3) is 0.895. The zero-order valence-electron chi connectivity index (χ0n) is 15.1. The number of unbranched alkanes of at least 4 members (excludes halogenated alkanes) is 1. The van der Waals surface area contributed by atoms with E-state index < -0.39 is 0 Å². The first-order valence-electron chi connectivity index (χ1n) is 9.34. The number of carbonyl (C=O) groups is 2. The minimum absolute atomic E-state index is 0.0992. The highest BCUT2D eigenvalue weighted by Crippen LogP contribution is 2.26. The predicted molar refractivity (Wildman–Crippen MR) is 91.0 cm³/mol. The Morgan fingerprint density at radius 3 is 2.30 bits per heavy atom. The zero-order chi connectivity index (χ0) is 17.1. The van der Waals surface area contributed by atoms with Gasteiger partial charge >= 0.3 is 11.9 Å². The van der Waals surface area contributed by atoms with Crippen LogP contribution >= 0.6 is 0 Å². The third-order valence-corrected chi connectivity index (χ3v) is 4.52. The number of rotatable bonds is 10. The molecule has 1 rings (SSSR count). The van der Waals surface area contributed by atoms with Gasteiger partial charge in [0.15, 0.2) is 0 Å². The van der Waals surface area contributed by atoms with Gasteiger partial charge in [0.1, 0.15) is 6.10 Å². The topological polar surface area (TPSA) is 52.6 Å². The quantitative estimate of drug-likeness (QED) is 0.433. The van der Waals surface area contributed by atoms with Gasteiger partial charge in [-0.2, -0.15) is 0 Å². The molecule has 23 heavy (non-hydrogen) atoms. The van der Waals surface area contributed by atoms with E-state index in [2.05, 4.69) is 20.8 Å². The van der Waals surface area contributed by atoms with Crippen molar-refractivity contribution in [2.45, 2.75) is 91.1 Å². The Balaban J connectivity index is 2.01. The third-order valence-electron chi connectivity index (χ3n) is 4.52. The van der Waals surface area contributed by atoms with E-state index >= 15 is 0 Å². The molecule has 4 nitrogen and oxygen atoms in total. The van der Waals surface area contributed by atoms with Crippen LogP contribution in [0.5, 0.6) is 0 Å². The van der Waals surface area contributed by atoms with Crippen LogP contribution in [0.2, 0.25) is 0 Å². The average Bonchev–Trinajstić information content (AvgIpc) is 2.50. The highest BCUT2D eigenvalue weighted by molar-refractivity contribution is 5.70. The minimum atomic E-state index is -0.150. The highest BCUT2D eigenvalue weighted by atomic mass is 16.5. The maximum atomic E-state index is 11.8. The Morgan fingerprint density at radius 1 is 1.00 bits per heavy atom. The number of carbonyl (C=O) groups excluding carboxylic acids is 2. The molecule has 0 saturated heterocycles. The lowest BCUT2D eigenvalue weighted by Crippen LogP contribution is -2.28. The summed E-state index contributed by atoms with van der Waals surface area (Å²) in [5.74, 6) is 0.859. The Hall–Kier alpha value is -1.06. The lowest BCUT2D eigenvalue weighted by Gasteiger charge is -2.28. The molecule has 0 radical (unpaired) electrons. The van der Waals surface area contributed by atoms with Crippen molar-refractivity contribution in [3.8, 4) is 0 Å². The fourth-order valence-electron chi connectivity index (χ4n) is 2.97. The van der Waals surface area contributed by atoms with Crippen molar-refractivity contribution in [3.63, 3.8) is 0 Å². The van der Waals surface area contributed by atoms with Crippen LogP contribution in [0.3, 0.4) is 0 Å². The van der Waals surface area contributed by atoms with Crippen LogP contribution in [0, 0.1) is 11.8 Å². The Bertz CT molecular complexity index is 351. The summed E-state index contributed by atoms with van der Waals surface area (Å²) in [6.45, 7) is 7.00. The summed E-state index contributed by atoms with van der Waals surface area (Å²) in [5, 5.41) is 0. The summed E-state index contributed by atoms with van der Waals surface area (Å²) in [7, 11) is 0. The Morgan fingerprint density at radius 2 is 1.65 bits per heavy atom. The van der Waals surface area contributed by atoms with Crippen LogP contribution in [0.1, 0.15) is 85.0 Å². The number of esters is 2. The smallest absolute Gasteiger partial charge is 0.306 e. The molecule has 1 fully saturated rings. The van der Waals surface area contributed by atoms with Crippen molar-refractivity contribution < 1.29 is 19.1 Å². The van der Waals surface area contributed by atoms with Gasteiger partial charge in [-0.3, -0.25) is 9.59 Å². The molecule has 0 aromatic heterocycles. The van der Waals surface area contributed by atoms with Crippen molar-refractivity contribution in [2.75, 3.05) is 6.61 Å². The molecule has 1 aliphatic rings. The molecule has 0 aromatic rings. The van der Waals surface area contributed by atoms with Crippen LogP contribution in [0.25, 0.3) is 0 Å². The molecular formula is C19H34O4. The number of hydrogen-bond donors (Lipinski definition) is 0.